The van der Waals surface area contributed by atoms with Crippen molar-refractivity contribution in [2.24, 2.45) is 5.92 Å². The number of carbonyl (C=O) groups is 3. The van der Waals surface area contributed by atoms with Crippen molar-refractivity contribution in [1.82, 2.24) is 4.90 Å². The van der Waals surface area contributed by atoms with Crippen LogP contribution in [0, 0.1) is 5.92 Å². The maximum absolute atomic E-state index is 14.2. The fraction of sp³-hybridized carbons (Fsp3) is 0.300. The van der Waals surface area contributed by atoms with Gasteiger partial charge in [0.15, 0.2) is 6.61 Å². The quantitative estimate of drug-likeness (QED) is 0.391. The average Bonchev–Trinajstić information content (AvgIpc) is 3.01. The number of para-hydroxylation sites is 1. The van der Waals surface area contributed by atoms with Gasteiger partial charge in [-0.2, -0.15) is 0 Å². The first-order chi connectivity index (χ1) is 18.3. The molecule has 8 heteroatoms. The van der Waals surface area contributed by atoms with Crippen LogP contribution >= 0.6 is 0 Å². The van der Waals surface area contributed by atoms with Crippen LogP contribution in [0.4, 0.5) is 5.69 Å². The van der Waals surface area contributed by atoms with E-state index in [1.165, 1.54) is 7.11 Å². The molecule has 0 unspecified atom stereocenters. The van der Waals surface area contributed by atoms with Crippen molar-refractivity contribution in [3.63, 3.8) is 0 Å². The monoisotopic (exact) mass is 516 g/mol. The molecule has 3 aromatic carbocycles. The minimum atomic E-state index is -0.694. The Kier molecular flexibility index (Phi) is 8.31. The highest BCUT2D eigenvalue weighted by atomic mass is 16.6. The van der Waals surface area contributed by atoms with Crippen LogP contribution in [0.15, 0.2) is 72.8 Å². The molecular formula is C30H32N2O6. The lowest BCUT2D eigenvalue weighted by Gasteiger charge is -2.33. The average molecular weight is 517 g/mol. The third-order valence-electron chi connectivity index (χ3n) is 6.48. The minimum absolute atomic E-state index is 0.146. The number of hydrogen-bond acceptors (Lipinski definition) is 6. The highest BCUT2D eigenvalue weighted by molar-refractivity contribution is 6.11. The second-order valence-corrected chi connectivity index (χ2v) is 9.43. The Balaban J connectivity index is 1.70. The number of hydrogen-bond donors (Lipinski definition) is 0. The van der Waals surface area contributed by atoms with Crippen LogP contribution < -0.4 is 14.4 Å². The topological polar surface area (TPSA) is 85.4 Å². The van der Waals surface area contributed by atoms with Gasteiger partial charge in [0.1, 0.15) is 17.5 Å². The van der Waals surface area contributed by atoms with Gasteiger partial charge in [-0.25, -0.2) is 4.79 Å². The fourth-order valence-corrected chi connectivity index (χ4v) is 4.65. The molecule has 0 N–H and O–H groups in total. The van der Waals surface area contributed by atoms with Gasteiger partial charge < -0.3 is 24.0 Å². The molecule has 38 heavy (non-hydrogen) atoms. The van der Waals surface area contributed by atoms with Crippen LogP contribution in [0.5, 0.6) is 11.5 Å². The van der Waals surface area contributed by atoms with Gasteiger partial charge in [-0.15, -0.1) is 0 Å². The first-order valence-electron chi connectivity index (χ1n) is 12.4. The number of methoxy groups -OCH3 is 2. The van der Waals surface area contributed by atoms with E-state index in [0.717, 1.165) is 11.1 Å². The van der Waals surface area contributed by atoms with E-state index < -0.39 is 12.0 Å². The molecular weight excluding hydrogens is 484 g/mol. The molecule has 1 aliphatic heterocycles. The summed E-state index contributed by atoms with van der Waals surface area (Å²) in [6.45, 7) is 4.16. The van der Waals surface area contributed by atoms with Crippen molar-refractivity contribution in [3.05, 3.63) is 89.5 Å². The number of carbonyl (C=O) groups excluding carboxylic acids is 3. The van der Waals surface area contributed by atoms with Gasteiger partial charge in [0, 0.05) is 6.54 Å². The Labute approximate surface area is 222 Å². The predicted octanol–water partition coefficient (Wildman–Crippen LogP) is 4.46. The lowest BCUT2D eigenvalue weighted by atomic mass is 9.99. The summed E-state index contributed by atoms with van der Waals surface area (Å²) in [7, 11) is 2.90. The highest BCUT2D eigenvalue weighted by Crippen LogP contribution is 2.33. The Hall–Kier alpha value is -4.33. The van der Waals surface area contributed by atoms with Crippen molar-refractivity contribution in [2.75, 3.05) is 25.7 Å². The molecule has 1 atom stereocenters. The SMILES string of the molecule is COC(=O)COc1cccc(CN2C(=O)c3ccccc3N(Cc3cccc(OC)c3)C(=O)[C@@H]2C(C)C)c1. The molecule has 0 fully saturated rings. The van der Waals surface area contributed by atoms with E-state index in [1.54, 1.807) is 47.2 Å². The molecule has 1 heterocycles. The number of esters is 1. The van der Waals surface area contributed by atoms with Crippen LogP contribution in [-0.2, 0) is 27.4 Å². The summed E-state index contributed by atoms with van der Waals surface area (Å²) in [5.74, 6) is 0.164. The summed E-state index contributed by atoms with van der Waals surface area (Å²) in [6, 6.07) is 21.2. The number of benzene rings is 3. The molecule has 0 saturated heterocycles. The molecule has 198 valence electrons. The lowest BCUT2D eigenvalue weighted by Crippen LogP contribution is -2.50. The number of anilines is 1. The van der Waals surface area contributed by atoms with Gasteiger partial charge >= 0.3 is 5.97 Å². The number of amides is 2. The standard InChI is InChI=1S/C30H32N2O6/c1-20(2)28-30(35)31(17-21-9-7-11-23(15-21)36-3)26-14-6-5-13-25(26)29(34)32(28)18-22-10-8-12-24(16-22)38-19-27(33)37-4/h5-16,20,28H,17-19H2,1-4H3/t28-/m0/s1. The zero-order valence-electron chi connectivity index (χ0n) is 22.0. The third-order valence-corrected chi connectivity index (χ3v) is 6.48. The van der Waals surface area contributed by atoms with E-state index in [2.05, 4.69) is 4.74 Å². The van der Waals surface area contributed by atoms with Crippen molar-refractivity contribution in [3.8, 4) is 11.5 Å². The largest absolute Gasteiger partial charge is 0.497 e. The van der Waals surface area contributed by atoms with Crippen LogP contribution in [0.25, 0.3) is 0 Å². The second-order valence-electron chi connectivity index (χ2n) is 9.43. The van der Waals surface area contributed by atoms with Crippen LogP contribution in [0.3, 0.4) is 0 Å². The van der Waals surface area contributed by atoms with Crippen molar-refractivity contribution in [1.29, 1.82) is 0 Å². The third kappa shape index (κ3) is 5.80. The smallest absolute Gasteiger partial charge is 0.343 e. The van der Waals surface area contributed by atoms with E-state index in [-0.39, 0.29) is 30.9 Å². The van der Waals surface area contributed by atoms with E-state index in [9.17, 15) is 14.4 Å². The molecule has 0 radical (unpaired) electrons. The molecule has 0 aliphatic carbocycles. The van der Waals surface area contributed by atoms with Gasteiger partial charge in [-0.05, 0) is 53.4 Å². The normalized spacial score (nSPS) is 15.2. The minimum Gasteiger partial charge on any atom is -0.497 e. The summed E-state index contributed by atoms with van der Waals surface area (Å²) in [5, 5.41) is 0. The number of ether oxygens (including phenoxy) is 3. The molecule has 3 aromatic rings. The van der Waals surface area contributed by atoms with Crippen molar-refractivity contribution >= 4 is 23.5 Å². The van der Waals surface area contributed by atoms with Crippen molar-refractivity contribution in [2.45, 2.75) is 33.0 Å². The van der Waals surface area contributed by atoms with Crippen LogP contribution in [0.2, 0.25) is 0 Å². The first kappa shape index (κ1) is 26.7. The lowest BCUT2D eigenvalue weighted by molar-refractivity contribution is -0.142. The molecule has 0 bridgehead atoms. The fourth-order valence-electron chi connectivity index (χ4n) is 4.65. The first-order valence-corrected chi connectivity index (χ1v) is 12.4. The molecule has 0 spiro atoms. The van der Waals surface area contributed by atoms with Gasteiger partial charge in [0.2, 0.25) is 5.91 Å². The summed E-state index contributed by atoms with van der Waals surface area (Å²) in [5.41, 5.74) is 2.71. The maximum Gasteiger partial charge on any atom is 0.343 e. The maximum atomic E-state index is 14.2. The molecule has 0 saturated carbocycles. The number of rotatable bonds is 9. The summed E-state index contributed by atoms with van der Waals surface area (Å²) in [4.78, 5) is 43.0. The van der Waals surface area contributed by atoms with E-state index in [1.807, 2.05) is 56.3 Å². The summed E-state index contributed by atoms with van der Waals surface area (Å²) >= 11 is 0. The Morgan fingerprint density at radius 1 is 0.868 bits per heavy atom. The zero-order valence-corrected chi connectivity index (χ0v) is 22.0. The van der Waals surface area contributed by atoms with Gasteiger partial charge in [-0.1, -0.05) is 50.2 Å². The van der Waals surface area contributed by atoms with Crippen LogP contribution in [0.1, 0.15) is 35.3 Å². The molecule has 1 aliphatic rings. The predicted molar refractivity (Wildman–Crippen MR) is 143 cm³/mol. The Morgan fingerprint density at radius 3 is 2.21 bits per heavy atom. The van der Waals surface area contributed by atoms with Crippen molar-refractivity contribution < 1.29 is 28.6 Å². The zero-order chi connectivity index (χ0) is 27.2. The molecule has 0 aromatic heterocycles. The summed E-state index contributed by atoms with van der Waals surface area (Å²) < 4.78 is 15.5. The molecule has 2 amide bonds. The van der Waals surface area contributed by atoms with E-state index in [4.69, 9.17) is 9.47 Å². The van der Waals surface area contributed by atoms with E-state index >= 15 is 0 Å². The van der Waals surface area contributed by atoms with E-state index in [0.29, 0.717) is 29.3 Å². The number of fused-ring (bicyclic) bond motifs is 1. The second kappa shape index (κ2) is 11.8. The number of nitrogens with zero attached hydrogens (tertiary/aromatic N) is 2. The summed E-state index contributed by atoms with van der Waals surface area (Å²) in [6.07, 6.45) is 0. The van der Waals surface area contributed by atoms with Crippen LogP contribution in [-0.4, -0.2) is 49.6 Å². The Morgan fingerprint density at radius 2 is 1.53 bits per heavy atom. The molecule has 4 rings (SSSR count). The van der Waals surface area contributed by atoms with Gasteiger partial charge in [0.05, 0.1) is 32.0 Å². The Bertz CT molecular complexity index is 1320. The highest BCUT2D eigenvalue weighted by Gasteiger charge is 2.41. The molecule has 8 nitrogen and oxygen atoms in total. The van der Waals surface area contributed by atoms with Gasteiger partial charge in [-0.3, -0.25) is 9.59 Å². The van der Waals surface area contributed by atoms with Gasteiger partial charge in [0.25, 0.3) is 5.91 Å².